The molecule has 0 saturated heterocycles. The summed E-state index contributed by atoms with van der Waals surface area (Å²) in [5.74, 6) is 1.04. The summed E-state index contributed by atoms with van der Waals surface area (Å²) >= 11 is 1.76. The molecule has 1 aromatic heterocycles. The molecule has 78 valence electrons. The molecule has 14 heavy (non-hydrogen) atoms. The first kappa shape index (κ1) is 11.2. The second-order valence-electron chi connectivity index (χ2n) is 2.93. The van der Waals surface area contributed by atoms with Gasteiger partial charge in [-0.3, -0.25) is 0 Å². The number of halogens is 1. The molecule has 5 heteroatoms. The number of anilines is 1. The molecule has 1 heterocycles. The predicted octanol–water partition coefficient (Wildman–Crippen LogP) is 2.17. The summed E-state index contributed by atoms with van der Waals surface area (Å²) in [6, 6.07) is 1.64. The Morgan fingerprint density at radius 3 is 2.93 bits per heavy atom. The number of nitrogens with one attached hydrogen (secondary N) is 1. The normalized spacial score (nSPS) is 12.5. The van der Waals surface area contributed by atoms with E-state index in [1.807, 2.05) is 6.26 Å². The third-order valence-electron chi connectivity index (χ3n) is 1.85. The van der Waals surface area contributed by atoms with Gasteiger partial charge < -0.3 is 5.32 Å². The molecule has 0 radical (unpaired) electrons. The topological polar surface area (TPSA) is 37.8 Å². The highest BCUT2D eigenvalue weighted by atomic mass is 32.2. The molecule has 0 aromatic carbocycles. The maximum absolute atomic E-state index is 12.7. The molecular weight excluding hydrogens is 201 g/mol. The number of hydrogen-bond acceptors (Lipinski definition) is 4. The van der Waals surface area contributed by atoms with Crippen molar-refractivity contribution in [2.24, 2.45) is 0 Å². The quantitative estimate of drug-likeness (QED) is 0.764. The van der Waals surface area contributed by atoms with E-state index in [0.717, 1.165) is 12.2 Å². The van der Waals surface area contributed by atoms with E-state index in [2.05, 4.69) is 22.2 Å². The van der Waals surface area contributed by atoms with Crippen LogP contribution in [0.15, 0.2) is 12.4 Å². The molecule has 0 aliphatic heterocycles. The molecule has 1 unspecified atom stereocenters. The molecule has 0 bridgehead atoms. The average Bonchev–Trinajstić information content (AvgIpc) is 2.17. The van der Waals surface area contributed by atoms with Crippen LogP contribution in [-0.4, -0.2) is 28.0 Å². The van der Waals surface area contributed by atoms with Gasteiger partial charge in [0.15, 0.2) is 0 Å². The second kappa shape index (κ2) is 5.80. The van der Waals surface area contributed by atoms with Crippen LogP contribution in [0.25, 0.3) is 0 Å². The Balaban J connectivity index is 2.57. The lowest BCUT2D eigenvalue weighted by Crippen LogP contribution is -2.21. The van der Waals surface area contributed by atoms with E-state index < -0.39 is 5.95 Å². The first-order chi connectivity index (χ1) is 6.76. The van der Waals surface area contributed by atoms with Crippen LogP contribution in [0.1, 0.15) is 13.3 Å². The Hall–Kier alpha value is -0.840. The van der Waals surface area contributed by atoms with E-state index >= 15 is 0 Å². The molecule has 1 rings (SSSR count). The van der Waals surface area contributed by atoms with Gasteiger partial charge in [0.05, 0.1) is 0 Å². The third-order valence-corrected chi connectivity index (χ3v) is 2.58. The van der Waals surface area contributed by atoms with Crippen molar-refractivity contribution in [3.63, 3.8) is 0 Å². The maximum Gasteiger partial charge on any atom is 0.217 e. The van der Waals surface area contributed by atoms with E-state index in [9.17, 15) is 4.39 Å². The zero-order valence-electron chi connectivity index (χ0n) is 8.33. The lowest BCUT2D eigenvalue weighted by molar-refractivity contribution is 0.579. The van der Waals surface area contributed by atoms with Gasteiger partial charge in [-0.05, 0) is 12.7 Å². The van der Waals surface area contributed by atoms with Crippen LogP contribution >= 0.6 is 11.8 Å². The van der Waals surface area contributed by atoms with Crippen molar-refractivity contribution >= 4 is 17.6 Å². The number of thioether (sulfide) groups is 1. The van der Waals surface area contributed by atoms with Crippen molar-refractivity contribution in [3.05, 3.63) is 18.3 Å². The maximum atomic E-state index is 12.7. The number of aromatic nitrogens is 2. The van der Waals surface area contributed by atoms with Gasteiger partial charge in [-0.25, -0.2) is 9.97 Å². The van der Waals surface area contributed by atoms with Crippen LogP contribution in [-0.2, 0) is 0 Å². The standard InChI is InChI=1S/C9H14FN3S/c1-3-7(5-14-2)13-9-4-8(10)11-6-12-9/h4,6-7H,3,5H2,1-2H3,(H,11,12,13). The van der Waals surface area contributed by atoms with E-state index in [1.54, 1.807) is 11.8 Å². The van der Waals surface area contributed by atoms with E-state index in [0.29, 0.717) is 11.9 Å². The molecule has 0 fully saturated rings. The van der Waals surface area contributed by atoms with Gasteiger partial charge in [0.2, 0.25) is 5.95 Å². The van der Waals surface area contributed by atoms with Crippen LogP contribution in [0.4, 0.5) is 10.2 Å². The van der Waals surface area contributed by atoms with Gasteiger partial charge in [0, 0.05) is 17.9 Å². The fraction of sp³-hybridized carbons (Fsp3) is 0.556. The van der Waals surface area contributed by atoms with Crippen LogP contribution < -0.4 is 5.32 Å². The molecule has 1 atom stereocenters. The van der Waals surface area contributed by atoms with Crippen molar-refractivity contribution in [3.8, 4) is 0 Å². The first-order valence-corrected chi connectivity index (χ1v) is 5.88. The van der Waals surface area contributed by atoms with E-state index in [-0.39, 0.29) is 0 Å². The summed E-state index contributed by atoms with van der Waals surface area (Å²) < 4.78 is 12.7. The Morgan fingerprint density at radius 2 is 2.36 bits per heavy atom. The summed E-state index contributed by atoms with van der Waals surface area (Å²) in [5, 5.41) is 3.16. The van der Waals surface area contributed by atoms with Crippen LogP contribution in [0.2, 0.25) is 0 Å². The predicted molar refractivity (Wildman–Crippen MR) is 58.1 cm³/mol. The molecule has 0 amide bonds. The van der Waals surface area contributed by atoms with Gasteiger partial charge in [0.1, 0.15) is 12.1 Å². The fourth-order valence-corrected chi connectivity index (χ4v) is 1.81. The lowest BCUT2D eigenvalue weighted by Gasteiger charge is -2.15. The highest BCUT2D eigenvalue weighted by molar-refractivity contribution is 7.98. The molecule has 1 aromatic rings. The van der Waals surface area contributed by atoms with Gasteiger partial charge in [-0.15, -0.1) is 0 Å². The van der Waals surface area contributed by atoms with Crippen molar-refractivity contribution in [1.29, 1.82) is 0 Å². The second-order valence-corrected chi connectivity index (χ2v) is 3.84. The third kappa shape index (κ3) is 3.49. The van der Waals surface area contributed by atoms with Crippen molar-refractivity contribution in [2.45, 2.75) is 19.4 Å². The number of hydrogen-bond donors (Lipinski definition) is 1. The zero-order chi connectivity index (χ0) is 10.4. The summed E-state index contributed by atoms with van der Waals surface area (Å²) in [7, 11) is 0. The molecule has 0 aliphatic rings. The first-order valence-electron chi connectivity index (χ1n) is 4.49. The van der Waals surface area contributed by atoms with Crippen LogP contribution in [0, 0.1) is 5.95 Å². The Bertz CT molecular complexity index is 283. The van der Waals surface area contributed by atoms with Crippen molar-refractivity contribution < 1.29 is 4.39 Å². The van der Waals surface area contributed by atoms with Crippen LogP contribution in [0.3, 0.4) is 0 Å². The van der Waals surface area contributed by atoms with Crippen molar-refractivity contribution in [2.75, 3.05) is 17.3 Å². The average molecular weight is 215 g/mol. The van der Waals surface area contributed by atoms with E-state index in [1.165, 1.54) is 12.4 Å². The monoisotopic (exact) mass is 215 g/mol. The molecule has 0 saturated carbocycles. The molecule has 3 nitrogen and oxygen atoms in total. The minimum atomic E-state index is -0.499. The fourth-order valence-electron chi connectivity index (χ4n) is 1.08. The summed E-state index contributed by atoms with van der Waals surface area (Å²) in [5.41, 5.74) is 0. The summed E-state index contributed by atoms with van der Waals surface area (Å²) in [6.07, 6.45) is 4.26. The van der Waals surface area contributed by atoms with E-state index in [4.69, 9.17) is 0 Å². The Morgan fingerprint density at radius 1 is 1.57 bits per heavy atom. The molecule has 0 spiro atoms. The lowest BCUT2D eigenvalue weighted by atomic mass is 10.2. The minimum Gasteiger partial charge on any atom is -0.366 e. The van der Waals surface area contributed by atoms with Crippen molar-refractivity contribution in [1.82, 2.24) is 9.97 Å². The number of rotatable bonds is 5. The smallest absolute Gasteiger partial charge is 0.217 e. The van der Waals surface area contributed by atoms with Crippen LogP contribution in [0.5, 0.6) is 0 Å². The summed E-state index contributed by atoms with van der Waals surface area (Å²) in [6.45, 7) is 2.09. The highest BCUT2D eigenvalue weighted by Crippen LogP contribution is 2.09. The molecule has 1 N–H and O–H groups in total. The van der Waals surface area contributed by atoms with Gasteiger partial charge >= 0.3 is 0 Å². The zero-order valence-corrected chi connectivity index (χ0v) is 9.14. The molecular formula is C9H14FN3S. The summed E-state index contributed by atoms with van der Waals surface area (Å²) in [4.78, 5) is 7.33. The highest BCUT2D eigenvalue weighted by Gasteiger charge is 2.06. The van der Waals surface area contributed by atoms with Gasteiger partial charge in [-0.2, -0.15) is 16.2 Å². The minimum absolute atomic E-state index is 0.333. The number of nitrogens with zero attached hydrogens (tertiary/aromatic N) is 2. The van der Waals surface area contributed by atoms with Gasteiger partial charge in [0.25, 0.3) is 0 Å². The molecule has 0 aliphatic carbocycles. The Labute approximate surface area is 87.5 Å². The SMILES string of the molecule is CCC(CSC)Nc1cc(F)ncn1. The van der Waals surface area contributed by atoms with Gasteiger partial charge in [-0.1, -0.05) is 6.92 Å². The Kier molecular flexibility index (Phi) is 4.65. The largest absolute Gasteiger partial charge is 0.366 e.